The second-order valence-corrected chi connectivity index (χ2v) is 5.76. The van der Waals surface area contributed by atoms with Gasteiger partial charge in [0.1, 0.15) is 0 Å². The molecule has 0 atom stereocenters. The third-order valence-corrected chi connectivity index (χ3v) is 4.32. The van der Waals surface area contributed by atoms with Gasteiger partial charge in [-0.3, -0.25) is 4.79 Å². The number of alkyl halides is 1. The smallest absolute Gasteiger partial charge is 0.178 e. The summed E-state index contributed by atoms with van der Waals surface area (Å²) < 4.78 is 23.3. The van der Waals surface area contributed by atoms with Gasteiger partial charge in [0.25, 0.3) is 0 Å². The monoisotopic (exact) mass is 290 g/mol. The van der Waals surface area contributed by atoms with Crippen LogP contribution in [0.25, 0.3) is 0 Å². The highest BCUT2D eigenvalue weighted by Gasteiger charge is 2.19. The zero-order chi connectivity index (χ0) is 11.5. The fourth-order valence-electron chi connectivity index (χ4n) is 1.20. The van der Waals surface area contributed by atoms with Gasteiger partial charge in [-0.15, -0.1) is 0 Å². The van der Waals surface area contributed by atoms with E-state index in [4.69, 9.17) is 0 Å². The molecule has 0 amide bonds. The first-order valence-corrected chi connectivity index (χ1v) is 7.21. The molecule has 0 aromatic heterocycles. The number of carbonyl (C=O) groups excluding carboxylic acids is 1. The molecule has 0 saturated carbocycles. The Morgan fingerprint density at radius 3 is 2.47 bits per heavy atom. The minimum absolute atomic E-state index is 0.000418. The quantitative estimate of drug-likeness (QED) is 0.630. The van der Waals surface area contributed by atoms with Gasteiger partial charge >= 0.3 is 0 Å². The first kappa shape index (κ1) is 12.4. The molecule has 0 aliphatic carbocycles. The van der Waals surface area contributed by atoms with E-state index in [0.29, 0.717) is 0 Å². The van der Waals surface area contributed by atoms with Crippen LogP contribution in [0.15, 0.2) is 29.2 Å². The molecule has 0 radical (unpaired) electrons. The van der Waals surface area contributed by atoms with Crippen molar-refractivity contribution in [2.24, 2.45) is 0 Å². The zero-order valence-electron chi connectivity index (χ0n) is 8.23. The van der Waals surface area contributed by atoms with Gasteiger partial charge in [0.2, 0.25) is 0 Å². The lowest BCUT2D eigenvalue weighted by atomic mass is 10.1. The van der Waals surface area contributed by atoms with Crippen molar-refractivity contribution in [1.29, 1.82) is 0 Å². The molecule has 0 spiro atoms. The molecule has 82 valence electrons. The number of hydrogen-bond donors (Lipinski definition) is 0. The second kappa shape index (κ2) is 4.90. The van der Waals surface area contributed by atoms with Gasteiger partial charge in [0.05, 0.1) is 16.0 Å². The first-order valence-electron chi connectivity index (χ1n) is 4.44. The Kier molecular flexibility index (Phi) is 4.04. The van der Waals surface area contributed by atoms with E-state index in [1.165, 1.54) is 12.1 Å². The number of benzene rings is 1. The van der Waals surface area contributed by atoms with Crippen LogP contribution in [0.4, 0.5) is 0 Å². The third kappa shape index (κ3) is 2.66. The molecule has 0 heterocycles. The van der Waals surface area contributed by atoms with Crippen molar-refractivity contribution in [3.05, 3.63) is 29.8 Å². The van der Waals surface area contributed by atoms with Crippen LogP contribution in [0, 0.1) is 0 Å². The highest BCUT2D eigenvalue weighted by atomic mass is 79.9. The van der Waals surface area contributed by atoms with E-state index in [9.17, 15) is 13.2 Å². The highest BCUT2D eigenvalue weighted by molar-refractivity contribution is 9.09. The summed E-state index contributed by atoms with van der Waals surface area (Å²) in [6.07, 6.45) is 0. The molecule has 0 bridgehead atoms. The van der Waals surface area contributed by atoms with Crippen molar-refractivity contribution in [1.82, 2.24) is 0 Å². The maximum atomic E-state index is 11.7. The Morgan fingerprint density at radius 2 is 1.93 bits per heavy atom. The molecule has 0 N–H and O–H groups in total. The average Bonchev–Trinajstić information content (AvgIpc) is 2.28. The van der Waals surface area contributed by atoms with Gasteiger partial charge < -0.3 is 0 Å². The van der Waals surface area contributed by atoms with Crippen LogP contribution >= 0.6 is 15.9 Å². The third-order valence-electron chi connectivity index (χ3n) is 2.02. The van der Waals surface area contributed by atoms with Crippen molar-refractivity contribution in [3.63, 3.8) is 0 Å². The van der Waals surface area contributed by atoms with Crippen molar-refractivity contribution in [2.45, 2.75) is 11.8 Å². The van der Waals surface area contributed by atoms with Crippen molar-refractivity contribution in [2.75, 3.05) is 11.1 Å². The van der Waals surface area contributed by atoms with E-state index in [-0.39, 0.29) is 27.3 Å². The average molecular weight is 291 g/mol. The minimum Gasteiger partial charge on any atom is -0.293 e. The fourth-order valence-corrected chi connectivity index (χ4v) is 2.61. The summed E-state index contributed by atoms with van der Waals surface area (Å²) >= 11 is 3.03. The van der Waals surface area contributed by atoms with Crippen LogP contribution in [0.5, 0.6) is 0 Å². The van der Waals surface area contributed by atoms with Crippen LogP contribution in [0.3, 0.4) is 0 Å². The number of halogens is 1. The SMILES string of the molecule is CCS(=O)(=O)c1ccccc1C(=O)CBr. The molecule has 0 saturated heterocycles. The van der Waals surface area contributed by atoms with E-state index in [0.717, 1.165) is 0 Å². The summed E-state index contributed by atoms with van der Waals surface area (Å²) in [5, 5.41) is 0.128. The lowest BCUT2D eigenvalue weighted by molar-refractivity contribution is 0.102. The Bertz CT molecular complexity index is 465. The standard InChI is InChI=1S/C10H11BrO3S/c1-2-15(13,14)10-6-4-3-5-8(10)9(12)7-11/h3-6H,2,7H2,1H3. The Hall–Kier alpha value is -0.680. The molecule has 1 aromatic carbocycles. The van der Waals surface area contributed by atoms with E-state index in [2.05, 4.69) is 15.9 Å². The molecule has 5 heteroatoms. The molecular formula is C10H11BrO3S. The summed E-state index contributed by atoms with van der Waals surface area (Å²) in [5.74, 6) is -0.220. The Balaban J connectivity index is 3.37. The predicted octanol–water partition coefficient (Wildman–Crippen LogP) is 2.06. The fraction of sp³-hybridized carbons (Fsp3) is 0.300. The van der Waals surface area contributed by atoms with E-state index >= 15 is 0 Å². The normalized spacial score (nSPS) is 11.3. The zero-order valence-corrected chi connectivity index (χ0v) is 10.6. The molecule has 3 nitrogen and oxygen atoms in total. The van der Waals surface area contributed by atoms with Crippen LogP contribution in [-0.4, -0.2) is 25.3 Å². The molecular weight excluding hydrogens is 280 g/mol. The van der Waals surface area contributed by atoms with E-state index < -0.39 is 9.84 Å². The molecule has 0 unspecified atom stereocenters. The molecule has 1 rings (SSSR count). The number of Topliss-reactive ketones (excluding diaryl/α,β-unsaturated/α-hetero) is 1. The number of ketones is 1. The topological polar surface area (TPSA) is 51.2 Å². The first-order chi connectivity index (χ1) is 7.03. The molecule has 15 heavy (non-hydrogen) atoms. The summed E-state index contributed by atoms with van der Waals surface area (Å²) in [6.45, 7) is 1.56. The summed E-state index contributed by atoms with van der Waals surface area (Å²) in [7, 11) is -3.33. The molecule has 0 fully saturated rings. The lowest BCUT2D eigenvalue weighted by Gasteiger charge is -2.06. The van der Waals surface area contributed by atoms with Crippen molar-refractivity contribution >= 4 is 31.6 Å². The molecule has 0 aliphatic rings. The van der Waals surface area contributed by atoms with Crippen LogP contribution < -0.4 is 0 Å². The largest absolute Gasteiger partial charge is 0.293 e. The van der Waals surface area contributed by atoms with Crippen molar-refractivity contribution < 1.29 is 13.2 Å². The molecule has 1 aromatic rings. The van der Waals surface area contributed by atoms with Crippen molar-refractivity contribution in [3.8, 4) is 0 Å². The predicted molar refractivity (Wildman–Crippen MR) is 62.3 cm³/mol. The van der Waals surface area contributed by atoms with Crippen LogP contribution in [0.1, 0.15) is 17.3 Å². The number of hydrogen-bond acceptors (Lipinski definition) is 3. The summed E-state index contributed by atoms with van der Waals surface area (Å²) in [4.78, 5) is 11.6. The summed E-state index contributed by atoms with van der Waals surface area (Å²) in [5.41, 5.74) is 0.260. The van der Waals surface area contributed by atoms with Gasteiger partial charge in [-0.2, -0.15) is 0 Å². The van der Waals surface area contributed by atoms with E-state index in [1.807, 2.05) is 0 Å². The van der Waals surface area contributed by atoms with E-state index in [1.54, 1.807) is 19.1 Å². The number of sulfone groups is 1. The Labute approximate surface area is 97.5 Å². The lowest BCUT2D eigenvalue weighted by Crippen LogP contribution is -2.11. The summed E-state index contributed by atoms with van der Waals surface area (Å²) in [6, 6.07) is 6.28. The number of carbonyl (C=O) groups is 1. The highest BCUT2D eigenvalue weighted by Crippen LogP contribution is 2.18. The Morgan fingerprint density at radius 1 is 1.33 bits per heavy atom. The molecule has 0 aliphatic heterocycles. The maximum Gasteiger partial charge on any atom is 0.178 e. The van der Waals surface area contributed by atoms with Crippen LogP contribution in [0.2, 0.25) is 0 Å². The number of rotatable bonds is 4. The van der Waals surface area contributed by atoms with Gasteiger partial charge in [-0.05, 0) is 6.07 Å². The van der Waals surface area contributed by atoms with Gasteiger partial charge in [0.15, 0.2) is 15.6 Å². The van der Waals surface area contributed by atoms with Gasteiger partial charge in [0, 0.05) is 5.56 Å². The van der Waals surface area contributed by atoms with Crippen LogP contribution in [-0.2, 0) is 9.84 Å². The van der Waals surface area contributed by atoms with Gasteiger partial charge in [-0.1, -0.05) is 41.1 Å². The second-order valence-electron chi connectivity index (χ2n) is 2.96. The van der Waals surface area contributed by atoms with Gasteiger partial charge in [-0.25, -0.2) is 8.42 Å². The minimum atomic E-state index is -3.33. The maximum absolute atomic E-state index is 11.7.